The van der Waals surface area contributed by atoms with E-state index in [1.54, 1.807) is 0 Å². The highest BCUT2D eigenvalue weighted by Crippen LogP contribution is 1.96. The predicted molar refractivity (Wildman–Crippen MR) is 46.6 cm³/mol. The normalized spacial score (nSPS) is 13.8. The summed E-state index contributed by atoms with van der Waals surface area (Å²) < 4.78 is 5.66. The molecule has 0 N–H and O–H groups in total. The molecule has 0 aliphatic carbocycles. The second kappa shape index (κ2) is 4.96. The summed E-state index contributed by atoms with van der Waals surface area (Å²) in [7, 11) is -1.27. The first-order valence-electron chi connectivity index (χ1n) is 3.24. The van der Waals surface area contributed by atoms with Crippen molar-refractivity contribution in [1.82, 2.24) is 0 Å². The van der Waals surface area contributed by atoms with Crippen LogP contribution in [0.5, 0.6) is 0 Å². The molecule has 0 heterocycles. The van der Waals surface area contributed by atoms with Gasteiger partial charge in [0.15, 0.2) is 18.1 Å². The topological polar surface area (TPSA) is 9.23 Å². The molecule has 1 atom stereocenters. The minimum absolute atomic E-state index is 0.442. The Balaban J connectivity index is 3.25. The summed E-state index contributed by atoms with van der Waals surface area (Å²) in [5, 5.41) is 0. The van der Waals surface area contributed by atoms with Crippen LogP contribution in [-0.4, -0.2) is 18.1 Å². The molecular weight excluding hydrogens is 144 g/mol. The van der Waals surface area contributed by atoms with Crippen molar-refractivity contribution in [3.05, 3.63) is 12.7 Å². The first kappa shape index (κ1) is 9.13. The molecule has 0 amide bonds. The number of hydrogen-bond acceptors (Lipinski definition) is 1. The molecule has 53 valence electrons. The van der Waals surface area contributed by atoms with E-state index in [0.29, 0.717) is 0 Å². The molecule has 0 saturated carbocycles. The van der Waals surface area contributed by atoms with Gasteiger partial charge in [0.25, 0.3) is 0 Å². The van der Waals surface area contributed by atoms with Crippen molar-refractivity contribution < 1.29 is 4.12 Å². The zero-order chi connectivity index (χ0) is 7.28. The second-order valence-electron chi connectivity index (χ2n) is 2.36. The van der Waals surface area contributed by atoms with Gasteiger partial charge in [0.05, 0.1) is 0 Å². The maximum atomic E-state index is 5.66. The summed E-state index contributed by atoms with van der Waals surface area (Å²) in [6.45, 7) is 10.3. The lowest BCUT2D eigenvalue weighted by atomic mass is 10.8. The molecule has 9 heavy (non-hydrogen) atoms. The highest BCUT2D eigenvalue weighted by atomic mass is 28.4. The Hall–Kier alpha value is 0.134. The third kappa shape index (κ3) is 6.01. The summed E-state index contributed by atoms with van der Waals surface area (Å²) in [6, 6.07) is 1.11. The van der Waals surface area contributed by atoms with Gasteiger partial charge in [0, 0.05) is 0 Å². The van der Waals surface area contributed by atoms with Gasteiger partial charge in [-0.25, -0.2) is 0 Å². The number of rotatable bonds is 4. The van der Waals surface area contributed by atoms with Crippen molar-refractivity contribution in [1.29, 1.82) is 0 Å². The van der Waals surface area contributed by atoms with Gasteiger partial charge in [-0.1, -0.05) is 6.08 Å². The molecule has 0 saturated heterocycles. The summed E-state index contributed by atoms with van der Waals surface area (Å²) in [5.41, 5.74) is 0. The molecule has 0 aliphatic heterocycles. The van der Waals surface area contributed by atoms with Crippen molar-refractivity contribution in [2.24, 2.45) is 0 Å². The minimum Gasteiger partial charge on any atom is -0.458 e. The Bertz CT molecular complexity index is 83.1. The summed E-state index contributed by atoms with van der Waals surface area (Å²) in [4.78, 5) is 0. The van der Waals surface area contributed by atoms with Crippen molar-refractivity contribution in [2.75, 3.05) is 0 Å². The highest BCUT2D eigenvalue weighted by Gasteiger charge is 2.04. The third-order valence-electron chi connectivity index (χ3n) is 0.935. The molecule has 0 spiro atoms. The Labute approximate surface area is 61.2 Å². The molecule has 0 bridgehead atoms. The second-order valence-corrected chi connectivity index (χ2v) is 7.21. The van der Waals surface area contributed by atoms with Crippen LogP contribution >= 0.6 is 0 Å². The number of allylic oxidation sites excluding steroid dienone is 1. The standard InChI is InChI=1S/C6H15OSi2/c1-5-6-9(4)7-8(2)3/h5,9H,1,6H2,2-4H3. The minimum atomic E-state index is -0.833. The van der Waals surface area contributed by atoms with Crippen LogP contribution in [0.25, 0.3) is 0 Å². The Morgan fingerprint density at radius 3 is 2.56 bits per heavy atom. The molecule has 3 heteroatoms. The van der Waals surface area contributed by atoms with Crippen LogP contribution in [0.15, 0.2) is 12.7 Å². The monoisotopic (exact) mass is 159 g/mol. The Kier molecular flexibility index (Phi) is 5.04. The molecule has 0 aromatic heterocycles. The van der Waals surface area contributed by atoms with E-state index in [9.17, 15) is 0 Å². The van der Waals surface area contributed by atoms with Crippen molar-refractivity contribution >= 4 is 18.1 Å². The van der Waals surface area contributed by atoms with Crippen LogP contribution in [0.4, 0.5) is 0 Å². The predicted octanol–water partition coefficient (Wildman–Crippen LogP) is 1.79. The van der Waals surface area contributed by atoms with E-state index in [4.69, 9.17) is 4.12 Å². The summed E-state index contributed by atoms with van der Waals surface area (Å²) in [5.74, 6) is 0. The van der Waals surface area contributed by atoms with Crippen LogP contribution < -0.4 is 0 Å². The molecule has 0 rings (SSSR count). The summed E-state index contributed by atoms with van der Waals surface area (Å²) in [6.07, 6.45) is 1.96. The van der Waals surface area contributed by atoms with Crippen LogP contribution in [0.3, 0.4) is 0 Å². The zero-order valence-electron chi connectivity index (χ0n) is 6.48. The van der Waals surface area contributed by atoms with Crippen LogP contribution in [0.2, 0.25) is 25.7 Å². The molecule has 1 radical (unpaired) electrons. The molecule has 0 aromatic rings. The van der Waals surface area contributed by atoms with Crippen molar-refractivity contribution in [3.63, 3.8) is 0 Å². The summed E-state index contributed by atoms with van der Waals surface area (Å²) >= 11 is 0. The zero-order valence-corrected chi connectivity index (χ0v) is 8.63. The van der Waals surface area contributed by atoms with Crippen molar-refractivity contribution in [3.8, 4) is 0 Å². The van der Waals surface area contributed by atoms with E-state index in [0.717, 1.165) is 6.04 Å². The average molecular weight is 159 g/mol. The smallest absolute Gasteiger partial charge is 0.191 e. The molecule has 0 fully saturated rings. The maximum absolute atomic E-state index is 5.66. The van der Waals surface area contributed by atoms with Gasteiger partial charge in [0.1, 0.15) is 0 Å². The molecule has 1 nitrogen and oxygen atoms in total. The first-order valence-corrected chi connectivity index (χ1v) is 8.09. The molecular formula is C6H15OSi2. The Morgan fingerprint density at radius 2 is 2.22 bits per heavy atom. The fraction of sp³-hybridized carbons (Fsp3) is 0.667. The van der Waals surface area contributed by atoms with Crippen molar-refractivity contribution in [2.45, 2.75) is 25.7 Å². The molecule has 0 aliphatic rings. The fourth-order valence-corrected chi connectivity index (χ4v) is 4.76. The van der Waals surface area contributed by atoms with Crippen LogP contribution in [0, 0.1) is 0 Å². The van der Waals surface area contributed by atoms with E-state index < -0.39 is 18.1 Å². The fourth-order valence-electron chi connectivity index (χ4n) is 0.685. The van der Waals surface area contributed by atoms with E-state index in [1.807, 2.05) is 6.08 Å². The quantitative estimate of drug-likeness (QED) is 0.449. The lowest BCUT2D eigenvalue weighted by molar-refractivity contribution is 0.603. The lowest BCUT2D eigenvalue weighted by Gasteiger charge is -2.10. The van der Waals surface area contributed by atoms with E-state index in [-0.39, 0.29) is 0 Å². The SMILES string of the molecule is C=CC[SiH](C)O[Si](C)C. The Morgan fingerprint density at radius 1 is 1.67 bits per heavy atom. The van der Waals surface area contributed by atoms with Gasteiger partial charge < -0.3 is 4.12 Å². The highest BCUT2D eigenvalue weighted by molar-refractivity contribution is 6.64. The largest absolute Gasteiger partial charge is 0.458 e. The van der Waals surface area contributed by atoms with Gasteiger partial charge in [-0.2, -0.15) is 0 Å². The maximum Gasteiger partial charge on any atom is 0.191 e. The van der Waals surface area contributed by atoms with Crippen LogP contribution in [-0.2, 0) is 4.12 Å². The van der Waals surface area contributed by atoms with Gasteiger partial charge >= 0.3 is 0 Å². The van der Waals surface area contributed by atoms with Gasteiger partial charge in [0.2, 0.25) is 0 Å². The van der Waals surface area contributed by atoms with E-state index in [1.165, 1.54) is 0 Å². The van der Waals surface area contributed by atoms with E-state index in [2.05, 4.69) is 26.2 Å². The van der Waals surface area contributed by atoms with Gasteiger partial charge in [-0.05, 0) is 25.7 Å². The average Bonchev–Trinajstić information content (AvgIpc) is 1.63. The van der Waals surface area contributed by atoms with Gasteiger partial charge in [-0.3, -0.25) is 0 Å². The van der Waals surface area contributed by atoms with Gasteiger partial charge in [-0.15, -0.1) is 6.58 Å². The first-order chi connectivity index (χ1) is 4.16. The lowest BCUT2D eigenvalue weighted by Crippen LogP contribution is -2.20. The third-order valence-corrected chi connectivity index (χ3v) is 5.43. The number of hydrogen-bond donors (Lipinski definition) is 0. The molecule has 1 unspecified atom stereocenters. The van der Waals surface area contributed by atoms with E-state index >= 15 is 0 Å². The molecule has 0 aromatic carbocycles. The van der Waals surface area contributed by atoms with Crippen LogP contribution in [0.1, 0.15) is 0 Å².